The first-order chi connectivity index (χ1) is 8.25. The second kappa shape index (κ2) is 3.86. The number of aryl methyl sites for hydroxylation is 1. The summed E-state index contributed by atoms with van der Waals surface area (Å²) in [7, 11) is 0. The minimum atomic E-state index is 0.579. The lowest BCUT2D eigenvalue weighted by molar-refractivity contribution is 1.20. The van der Waals surface area contributed by atoms with Crippen molar-refractivity contribution in [2.75, 3.05) is 0 Å². The largest absolute Gasteiger partial charge is 0.330 e. The van der Waals surface area contributed by atoms with E-state index in [4.69, 9.17) is 11.6 Å². The molecule has 3 rings (SSSR count). The van der Waals surface area contributed by atoms with Crippen LogP contribution in [0.1, 0.15) is 5.56 Å². The topological polar surface area (TPSA) is 41.6 Å². The van der Waals surface area contributed by atoms with Crippen molar-refractivity contribution in [3.8, 4) is 11.3 Å². The number of H-pyrrole nitrogens is 1. The van der Waals surface area contributed by atoms with Gasteiger partial charge in [0.15, 0.2) is 0 Å². The van der Waals surface area contributed by atoms with Gasteiger partial charge in [-0.15, -0.1) is 0 Å². The zero-order chi connectivity index (χ0) is 11.8. The molecule has 0 saturated heterocycles. The summed E-state index contributed by atoms with van der Waals surface area (Å²) in [6, 6.07) is 10.0. The maximum absolute atomic E-state index is 5.96. The summed E-state index contributed by atoms with van der Waals surface area (Å²) >= 11 is 5.96. The van der Waals surface area contributed by atoms with Gasteiger partial charge >= 0.3 is 0 Å². The average Bonchev–Trinajstić information content (AvgIpc) is 2.70. The Hall–Kier alpha value is -1.87. The Morgan fingerprint density at radius 3 is 2.82 bits per heavy atom. The molecule has 0 atom stereocenters. The molecule has 0 saturated carbocycles. The van der Waals surface area contributed by atoms with Gasteiger partial charge in [0.2, 0.25) is 0 Å². The maximum atomic E-state index is 5.96. The van der Waals surface area contributed by atoms with Crippen molar-refractivity contribution in [3.05, 3.63) is 47.4 Å². The van der Waals surface area contributed by atoms with E-state index in [1.807, 2.05) is 18.2 Å². The highest BCUT2D eigenvalue weighted by molar-refractivity contribution is 6.30. The molecule has 3 aromatic rings. The predicted octanol–water partition coefficient (Wildman–Crippen LogP) is 3.59. The summed E-state index contributed by atoms with van der Waals surface area (Å²) in [6.45, 7) is 2.07. The molecule has 0 amide bonds. The number of nitrogens with zero attached hydrogens (tertiary/aromatic N) is 2. The van der Waals surface area contributed by atoms with Crippen LogP contribution in [0.25, 0.3) is 22.3 Å². The second-order valence-corrected chi connectivity index (χ2v) is 4.32. The lowest BCUT2D eigenvalue weighted by atomic mass is 10.0. The van der Waals surface area contributed by atoms with Crippen LogP contribution in [0.15, 0.2) is 36.7 Å². The van der Waals surface area contributed by atoms with Crippen molar-refractivity contribution in [3.63, 3.8) is 0 Å². The molecule has 17 heavy (non-hydrogen) atoms. The number of fused-ring (bicyclic) bond motifs is 1. The first-order valence-corrected chi connectivity index (χ1v) is 5.69. The van der Waals surface area contributed by atoms with Crippen LogP contribution in [0.5, 0.6) is 0 Å². The summed E-state index contributed by atoms with van der Waals surface area (Å²) in [5.41, 5.74) is 3.97. The fourth-order valence-electron chi connectivity index (χ4n) is 1.96. The molecule has 0 aliphatic heterocycles. The average molecular weight is 244 g/mol. The Balaban J connectivity index is 2.34. The van der Waals surface area contributed by atoms with Crippen molar-refractivity contribution in [1.29, 1.82) is 0 Å². The van der Waals surface area contributed by atoms with Gasteiger partial charge in [-0.2, -0.15) is 0 Å². The number of benzene rings is 1. The van der Waals surface area contributed by atoms with Crippen molar-refractivity contribution >= 4 is 22.6 Å². The number of rotatable bonds is 1. The molecule has 2 heterocycles. The van der Waals surface area contributed by atoms with Crippen LogP contribution in [-0.4, -0.2) is 15.0 Å². The third-order valence-electron chi connectivity index (χ3n) is 2.79. The number of aromatic nitrogens is 3. The molecule has 0 aliphatic rings. The van der Waals surface area contributed by atoms with Crippen LogP contribution in [-0.2, 0) is 0 Å². The van der Waals surface area contributed by atoms with Crippen LogP contribution >= 0.6 is 11.6 Å². The number of hydrogen-bond acceptors (Lipinski definition) is 2. The van der Waals surface area contributed by atoms with Gasteiger partial charge in [0.25, 0.3) is 0 Å². The summed E-state index contributed by atoms with van der Waals surface area (Å²) in [5, 5.41) is 1.53. The van der Waals surface area contributed by atoms with E-state index in [0.717, 1.165) is 22.3 Å². The lowest BCUT2D eigenvalue weighted by Crippen LogP contribution is -1.89. The van der Waals surface area contributed by atoms with E-state index in [2.05, 4.69) is 34.0 Å². The molecule has 84 valence electrons. The van der Waals surface area contributed by atoms with E-state index >= 15 is 0 Å². The smallest absolute Gasteiger partial charge is 0.142 e. The molecule has 0 radical (unpaired) electrons. The van der Waals surface area contributed by atoms with Gasteiger partial charge in [-0.25, -0.2) is 9.97 Å². The minimum absolute atomic E-state index is 0.579. The monoisotopic (exact) mass is 243 g/mol. The summed E-state index contributed by atoms with van der Waals surface area (Å²) in [4.78, 5) is 11.5. The molecular weight excluding hydrogens is 234 g/mol. The summed E-state index contributed by atoms with van der Waals surface area (Å²) in [5.74, 6) is 0. The van der Waals surface area contributed by atoms with Crippen LogP contribution in [0.4, 0.5) is 0 Å². The number of nitrogens with one attached hydrogen (secondary N) is 1. The highest BCUT2D eigenvalue weighted by atomic mass is 35.5. The van der Waals surface area contributed by atoms with E-state index in [9.17, 15) is 0 Å². The zero-order valence-corrected chi connectivity index (χ0v) is 9.99. The minimum Gasteiger partial charge on any atom is -0.330 e. The first kappa shape index (κ1) is 10.3. The Labute approximate surface area is 103 Å². The van der Waals surface area contributed by atoms with E-state index in [1.165, 1.54) is 5.56 Å². The van der Waals surface area contributed by atoms with Crippen LogP contribution in [0, 0.1) is 6.92 Å². The van der Waals surface area contributed by atoms with Gasteiger partial charge in [0, 0.05) is 10.9 Å². The Morgan fingerprint density at radius 1 is 1.18 bits per heavy atom. The molecule has 0 unspecified atom stereocenters. The fourth-order valence-corrected chi connectivity index (χ4v) is 2.16. The quantitative estimate of drug-likeness (QED) is 0.710. The van der Waals surface area contributed by atoms with E-state index in [1.54, 1.807) is 6.33 Å². The Morgan fingerprint density at radius 2 is 2.00 bits per heavy atom. The number of hydrogen-bond donors (Lipinski definition) is 1. The number of aromatic amines is 1. The van der Waals surface area contributed by atoms with Crippen LogP contribution in [0.3, 0.4) is 0 Å². The number of halogens is 1. The van der Waals surface area contributed by atoms with Gasteiger partial charge in [-0.05, 0) is 18.6 Å². The molecule has 3 nitrogen and oxygen atoms in total. The Kier molecular flexibility index (Phi) is 2.34. The van der Waals surface area contributed by atoms with E-state index < -0.39 is 0 Å². The summed E-state index contributed by atoms with van der Waals surface area (Å²) < 4.78 is 0. The normalized spacial score (nSPS) is 10.9. The summed E-state index contributed by atoms with van der Waals surface area (Å²) in [6.07, 6.45) is 1.55. The fraction of sp³-hybridized carbons (Fsp3) is 0.0769. The maximum Gasteiger partial charge on any atom is 0.142 e. The lowest BCUT2D eigenvalue weighted by Gasteiger charge is -2.05. The SMILES string of the molecule is Cc1ccccc1-c1ncnc2[nH]c(Cl)cc12. The van der Waals surface area contributed by atoms with E-state index in [0.29, 0.717) is 5.15 Å². The van der Waals surface area contributed by atoms with Gasteiger partial charge < -0.3 is 4.98 Å². The van der Waals surface area contributed by atoms with Gasteiger partial charge in [-0.3, -0.25) is 0 Å². The molecule has 4 heteroatoms. The molecular formula is C13H10ClN3. The third kappa shape index (κ3) is 1.68. The van der Waals surface area contributed by atoms with Crippen molar-refractivity contribution in [2.24, 2.45) is 0 Å². The highest BCUT2D eigenvalue weighted by Crippen LogP contribution is 2.29. The predicted molar refractivity (Wildman–Crippen MR) is 69.1 cm³/mol. The zero-order valence-electron chi connectivity index (χ0n) is 9.24. The second-order valence-electron chi connectivity index (χ2n) is 3.92. The van der Waals surface area contributed by atoms with E-state index in [-0.39, 0.29) is 0 Å². The molecule has 1 N–H and O–H groups in total. The third-order valence-corrected chi connectivity index (χ3v) is 3.00. The molecule has 0 spiro atoms. The highest BCUT2D eigenvalue weighted by Gasteiger charge is 2.10. The molecule has 0 aliphatic carbocycles. The van der Waals surface area contributed by atoms with Crippen molar-refractivity contribution in [1.82, 2.24) is 15.0 Å². The van der Waals surface area contributed by atoms with Crippen LogP contribution in [0.2, 0.25) is 5.15 Å². The van der Waals surface area contributed by atoms with Crippen LogP contribution < -0.4 is 0 Å². The van der Waals surface area contributed by atoms with Crippen molar-refractivity contribution < 1.29 is 0 Å². The van der Waals surface area contributed by atoms with Gasteiger partial charge in [-0.1, -0.05) is 35.9 Å². The van der Waals surface area contributed by atoms with Gasteiger partial charge in [0.1, 0.15) is 17.1 Å². The molecule has 0 fully saturated rings. The first-order valence-electron chi connectivity index (χ1n) is 5.31. The molecule has 2 aromatic heterocycles. The van der Waals surface area contributed by atoms with Gasteiger partial charge in [0.05, 0.1) is 5.69 Å². The molecule has 0 bridgehead atoms. The standard InChI is InChI=1S/C13H10ClN3/c1-8-4-2-3-5-9(8)12-10-6-11(14)17-13(10)16-7-15-12/h2-7H,1H3,(H,15,16,17). The molecule has 1 aromatic carbocycles. The Bertz CT molecular complexity index is 688. The van der Waals surface area contributed by atoms with Crippen molar-refractivity contribution in [2.45, 2.75) is 6.92 Å².